The number of hydrogen-bond donors (Lipinski definition) is 0. The van der Waals surface area contributed by atoms with Crippen LogP contribution < -0.4 is 15.0 Å². The minimum absolute atomic E-state index is 0.0451. The van der Waals surface area contributed by atoms with Crippen LogP contribution in [-0.2, 0) is 17.8 Å². The van der Waals surface area contributed by atoms with Gasteiger partial charge in [-0.15, -0.1) is 0 Å². The number of amides is 1. The van der Waals surface area contributed by atoms with Crippen molar-refractivity contribution in [3.8, 4) is 22.9 Å². The molecule has 2 atom stereocenters. The summed E-state index contributed by atoms with van der Waals surface area (Å²) in [5.41, 5.74) is 1.82. The molecule has 1 saturated heterocycles. The summed E-state index contributed by atoms with van der Waals surface area (Å²) < 4.78 is 17.8. The van der Waals surface area contributed by atoms with E-state index in [1.165, 1.54) is 0 Å². The zero-order chi connectivity index (χ0) is 22.9. The molecule has 2 aromatic heterocycles. The molecule has 0 spiro atoms. The summed E-state index contributed by atoms with van der Waals surface area (Å²) in [6, 6.07) is 10.8. The van der Waals surface area contributed by atoms with Gasteiger partial charge < -0.3 is 23.5 Å². The second-order valence-corrected chi connectivity index (χ2v) is 8.58. The lowest BCUT2D eigenvalue weighted by Gasteiger charge is -2.42. The molecule has 5 rings (SSSR count). The SMILES string of the molecule is COc1ccc(-c2noc(CCC(=O)N3CC4C[C@@H](C3)c3cccc(=O)n3C4)n2)cc1OC. The molecule has 1 fully saturated rings. The van der Waals surface area contributed by atoms with Gasteiger partial charge in [0.15, 0.2) is 11.5 Å². The van der Waals surface area contributed by atoms with Crippen molar-refractivity contribution in [3.63, 3.8) is 0 Å². The average molecular weight is 450 g/mol. The molecule has 1 unspecified atom stereocenters. The standard InChI is InChI=1S/C24H26N4O5/c1-31-19-7-6-16(11-20(19)32-2)24-25-21(33-26-24)8-9-22(29)27-12-15-10-17(14-27)18-4-3-5-23(30)28(18)13-15/h3-7,11,15,17H,8-10,12-14H2,1-2H3/t15?,17-/m0/s1. The number of aryl methyl sites for hydroxylation is 1. The molecule has 0 saturated carbocycles. The highest BCUT2D eigenvalue weighted by Gasteiger charge is 2.36. The Bertz CT molecular complexity index is 1230. The van der Waals surface area contributed by atoms with E-state index >= 15 is 0 Å². The number of piperidine rings is 1. The number of aromatic nitrogens is 3. The number of methoxy groups -OCH3 is 2. The van der Waals surface area contributed by atoms with E-state index in [1.807, 2.05) is 21.6 Å². The number of ether oxygens (including phenoxy) is 2. The van der Waals surface area contributed by atoms with Crippen LogP contribution in [-0.4, -0.2) is 52.8 Å². The van der Waals surface area contributed by atoms with Gasteiger partial charge >= 0.3 is 0 Å². The molecular formula is C24H26N4O5. The van der Waals surface area contributed by atoms with E-state index in [0.717, 1.165) is 17.7 Å². The maximum atomic E-state index is 12.9. The summed E-state index contributed by atoms with van der Waals surface area (Å²) >= 11 is 0. The number of benzene rings is 1. The minimum Gasteiger partial charge on any atom is -0.493 e. The maximum absolute atomic E-state index is 12.9. The van der Waals surface area contributed by atoms with Crippen LogP contribution >= 0.6 is 0 Å². The zero-order valence-electron chi connectivity index (χ0n) is 18.7. The average Bonchev–Trinajstić information content (AvgIpc) is 3.31. The largest absolute Gasteiger partial charge is 0.493 e. The van der Waals surface area contributed by atoms with Crippen LogP contribution in [0, 0.1) is 5.92 Å². The first-order valence-electron chi connectivity index (χ1n) is 11.1. The van der Waals surface area contributed by atoms with Crippen LogP contribution in [0.2, 0.25) is 0 Å². The van der Waals surface area contributed by atoms with Gasteiger partial charge in [-0.2, -0.15) is 4.98 Å². The summed E-state index contributed by atoms with van der Waals surface area (Å²) in [6.07, 6.45) is 1.70. The first kappa shape index (κ1) is 21.2. The lowest BCUT2D eigenvalue weighted by Crippen LogP contribution is -2.49. The Labute approximate surface area is 190 Å². The molecule has 2 bridgehead atoms. The molecule has 3 aromatic rings. The fourth-order valence-corrected chi connectivity index (χ4v) is 4.92. The normalized spacial score (nSPS) is 19.2. The summed E-state index contributed by atoms with van der Waals surface area (Å²) in [4.78, 5) is 31.5. The molecule has 172 valence electrons. The van der Waals surface area contributed by atoms with Gasteiger partial charge in [-0.25, -0.2) is 0 Å². The number of pyridine rings is 1. The first-order valence-corrected chi connectivity index (χ1v) is 11.1. The van der Waals surface area contributed by atoms with Gasteiger partial charge in [-0.3, -0.25) is 9.59 Å². The van der Waals surface area contributed by atoms with Crippen LogP contribution in [0.5, 0.6) is 11.5 Å². The van der Waals surface area contributed by atoms with E-state index in [4.69, 9.17) is 14.0 Å². The van der Waals surface area contributed by atoms with Gasteiger partial charge in [-0.1, -0.05) is 11.2 Å². The number of nitrogens with zero attached hydrogens (tertiary/aromatic N) is 4. The molecule has 33 heavy (non-hydrogen) atoms. The third kappa shape index (κ3) is 4.10. The summed E-state index contributed by atoms with van der Waals surface area (Å²) in [6.45, 7) is 1.99. The smallest absolute Gasteiger partial charge is 0.250 e. The van der Waals surface area contributed by atoms with Crippen LogP contribution in [0.4, 0.5) is 0 Å². The summed E-state index contributed by atoms with van der Waals surface area (Å²) in [5, 5.41) is 4.05. The van der Waals surface area contributed by atoms with Crippen LogP contribution in [0.25, 0.3) is 11.4 Å². The van der Waals surface area contributed by atoms with Crippen molar-refractivity contribution >= 4 is 5.91 Å². The highest BCUT2D eigenvalue weighted by atomic mass is 16.5. The lowest BCUT2D eigenvalue weighted by atomic mass is 9.83. The van der Waals surface area contributed by atoms with Gasteiger partial charge in [0.2, 0.25) is 17.6 Å². The molecule has 9 heteroatoms. The first-order chi connectivity index (χ1) is 16.1. The molecule has 0 radical (unpaired) electrons. The Morgan fingerprint density at radius 3 is 2.79 bits per heavy atom. The van der Waals surface area contributed by atoms with Crippen molar-refractivity contribution in [3.05, 3.63) is 58.3 Å². The maximum Gasteiger partial charge on any atom is 0.250 e. The third-order valence-electron chi connectivity index (χ3n) is 6.50. The van der Waals surface area contributed by atoms with Crippen molar-refractivity contribution in [1.82, 2.24) is 19.6 Å². The van der Waals surface area contributed by atoms with E-state index < -0.39 is 0 Å². The molecular weight excluding hydrogens is 424 g/mol. The van der Waals surface area contributed by atoms with Crippen LogP contribution in [0.15, 0.2) is 45.7 Å². The Balaban J connectivity index is 1.23. The fourth-order valence-electron chi connectivity index (χ4n) is 4.92. The van der Waals surface area contributed by atoms with E-state index in [1.54, 1.807) is 38.5 Å². The zero-order valence-corrected chi connectivity index (χ0v) is 18.7. The fraction of sp³-hybridized carbons (Fsp3) is 0.417. The molecule has 9 nitrogen and oxygen atoms in total. The highest BCUT2D eigenvalue weighted by Crippen LogP contribution is 2.35. The lowest BCUT2D eigenvalue weighted by molar-refractivity contribution is -0.134. The number of carbonyl (C=O) groups excluding carboxylic acids is 1. The monoisotopic (exact) mass is 450 g/mol. The van der Waals surface area contributed by atoms with E-state index in [9.17, 15) is 9.59 Å². The van der Waals surface area contributed by atoms with Gasteiger partial charge in [-0.05, 0) is 36.6 Å². The predicted octanol–water partition coefficient (Wildman–Crippen LogP) is 2.49. The summed E-state index contributed by atoms with van der Waals surface area (Å²) in [5.74, 6) is 2.64. The minimum atomic E-state index is 0.0451. The molecule has 0 N–H and O–H groups in total. The molecule has 1 aromatic carbocycles. The molecule has 4 heterocycles. The molecule has 0 aliphatic carbocycles. The molecule has 2 aliphatic rings. The topological polar surface area (TPSA) is 99.7 Å². The van der Waals surface area contributed by atoms with Gasteiger partial charge in [0.25, 0.3) is 5.56 Å². The number of hydrogen-bond acceptors (Lipinski definition) is 7. The Morgan fingerprint density at radius 2 is 1.97 bits per heavy atom. The van der Waals surface area contributed by atoms with Crippen molar-refractivity contribution < 1.29 is 18.8 Å². The molecule has 1 amide bonds. The molecule has 2 aliphatic heterocycles. The second-order valence-electron chi connectivity index (χ2n) is 8.58. The summed E-state index contributed by atoms with van der Waals surface area (Å²) in [7, 11) is 3.15. The van der Waals surface area contributed by atoms with Crippen molar-refractivity contribution in [2.24, 2.45) is 5.92 Å². The quantitative estimate of drug-likeness (QED) is 0.569. The van der Waals surface area contributed by atoms with E-state index in [-0.39, 0.29) is 17.4 Å². The van der Waals surface area contributed by atoms with Crippen LogP contribution in [0.1, 0.15) is 30.3 Å². The van der Waals surface area contributed by atoms with Gasteiger partial charge in [0, 0.05) is 55.7 Å². The predicted molar refractivity (Wildman–Crippen MR) is 119 cm³/mol. The van der Waals surface area contributed by atoms with Gasteiger partial charge in [0.1, 0.15) is 0 Å². The van der Waals surface area contributed by atoms with Gasteiger partial charge in [0.05, 0.1) is 14.2 Å². The second kappa shape index (κ2) is 8.73. The van der Waals surface area contributed by atoms with E-state index in [2.05, 4.69) is 10.1 Å². The highest BCUT2D eigenvalue weighted by molar-refractivity contribution is 5.76. The number of carbonyl (C=O) groups is 1. The van der Waals surface area contributed by atoms with Crippen molar-refractivity contribution in [2.45, 2.75) is 31.7 Å². The Kier molecular flexibility index (Phi) is 5.62. The van der Waals surface area contributed by atoms with Crippen molar-refractivity contribution in [2.75, 3.05) is 27.3 Å². The number of likely N-dealkylation sites (tertiary alicyclic amines) is 1. The van der Waals surface area contributed by atoms with E-state index in [0.29, 0.717) is 61.6 Å². The third-order valence-corrected chi connectivity index (χ3v) is 6.50. The van der Waals surface area contributed by atoms with Crippen LogP contribution in [0.3, 0.4) is 0 Å². The Morgan fingerprint density at radius 1 is 1.12 bits per heavy atom. The number of rotatable bonds is 6. The number of fused-ring (bicyclic) bond motifs is 4. The van der Waals surface area contributed by atoms with Crippen molar-refractivity contribution in [1.29, 1.82) is 0 Å². The Hall–Kier alpha value is -3.62.